The maximum absolute atomic E-state index is 13.0. The smallest absolute Gasteiger partial charge is 0.266 e. The van der Waals surface area contributed by atoms with Crippen LogP contribution in [0.3, 0.4) is 0 Å². The lowest BCUT2D eigenvalue weighted by atomic mass is 10.2. The van der Waals surface area contributed by atoms with Gasteiger partial charge in [-0.2, -0.15) is 0 Å². The average molecular weight is 378 g/mol. The molecular weight excluding hydrogens is 364 g/mol. The Morgan fingerprint density at radius 1 is 1.07 bits per heavy atom. The van der Waals surface area contributed by atoms with Crippen molar-refractivity contribution in [1.29, 1.82) is 0 Å². The van der Waals surface area contributed by atoms with E-state index in [1.807, 2.05) is 36.4 Å². The highest BCUT2D eigenvalue weighted by Gasteiger charge is 2.15. The van der Waals surface area contributed by atoms with Crippen molar-refractivity contribution in [3.05, 3.63) is 77.3 Å². The minimum absolute atomic E-state index is 0.0739. The Hall–Kier alpha value is -3.39. The molecule has 0 atom stereocenters. The van der Waals surface area contributed by atoms with Crippen LogP contribution in [0.25, 0.3) is 16.6 Å². The van der Waals surface area contributed by atoms with Gasteiger partial charge in [-0.15, -0.1) is 0 Å². The molecule has 1 amide bonds. The Morgan fingerprint density at radius 3 is 2.63 bits per heavy atom. The van der Waals surface area contributed by atoms with Gasteiger partial charge in [0, 0.05) is 6.07 Å². The summed E-state index contributed by atoms with van der Waals surface area (Å²) in [6.07, 6.45) is 1.38. The number of nitrogens with zero attached hydrogens (tertiary/aromatic N) is 3. The highest BCUT2D eigenvalue weighted by Crippen LogP contribution is 2.21. The van der Waals surface area contributed by atoms with E-state index < -0.39 is 0 Å². The molecule has 134 valence electrons. The second-order valence-electron chi connectivity index (χ2n) is 5.61. The summed E-state index contributed by atoms with van der Waals surface area (Å²) < 4.78 is 6.21. The van der Waals surface area contributed by atoms with Gasteiger partial charge in [0.15, 0.2) is 11.0 Å². The lowest BCUT2D eigenvalue weighted by molar-refractivity contribution is -0.113. The van der Waals surface area contributed by atoms with Crippen LogP contribution in [0.2, 0.25) is 0 Å². The largest absolute Gasteiger partial charge is 0.363 e. The zero-order valence-electron chi connectivity index (χ0n) is 14.0. The Kier molecular flexibility index (Phi) is 4.71. The Bertz CT molecular complexity index is 1140. The molecule has 0 aliphatic heterocycles. The molecule has 7 nitrogen and oxygen atoms in total. The van der Waals surface area contributed by atoms with E-state index in [1.165, 1.54) is 22.6 Å². The van der Waals surface area contributed by atoms with E-state index in [0.29, 0.717) is 27.6 Å². The van der Waals surface area contributed by atoms with Gasteiger partial charge in [0.25, 0.3) is 5.56 Å². The fraction of sp³-hybridized carbons (Fsp3) is 0.0526. The lowest BCUT2D eigenvalue weighted by Crippen LogP contribution is -2.22. The normalized spacial score (nSPS) is 10.8. The number of amides is 1. The van der Waals surface area contributed by atoms with Crippen molar-refractivity contribution in [2.24, 2.45) is 0 Å². The van der Waals surface area contributed by atoms with Crippen LogP contribution in [-0.4, -0.2) is 26.4 Å². The quantitative estimate of drug-likeness (QED) is 0.424. The van der Waals surface area contributed by atoms with E-state index in [0.717, 1.165) is 0 Å². The van der Waals surface area contributed by atoms with Crippen LogP contribution < -0.4 is 10.9 Å². The molecule has 0 fully saturated rings. The van der Waals surface area contributed by atoms with E-state index in [4.69, 9.17) is 0 Å². The zero-order valence-corrected chi connectivity index (χ0v) is 14.8. The Labute approximate surface area is 158 Å². The first-order chi connectivity index (χ1) is 13.2. The monoisotopic (exact) mass is 378 g/mol. The van der Waals surface area contributed by atoms with Crippen LogP contribution in [0.15, 0.2) is 81.4 Å². The molecule has 0 unspecified atom stereocenters. The summed E-state index contributed by atoms with van der Waals surface area (Å²) in [6.45, 7) is 0. The molecule has 0 aliphatic carbocycles. The van der Waals surface area contributed by atoms with Gasteiger partial charge < -0.3 is 9.84 Å². The number of anilines is 1. The number of aromatic nitrogens is 3. The molecule has 0 saturated heterocycles. The number of carbonyl (C=O) groups excluding carboxylic acids is 1. The predicted octanol–water partition coefficient (Wildman–Crippen LogP) is 3.10. The van der Waals surface area contributed by atoms with Crippen molar-refractivity contribution < 1.29 is 9.32 Å². The van der Waals surface area contributed by atoms with Crippen molar-refractivity contribution in [2.45, 2.75) is 5.16 Å². The van der Waals surface area contributed by atoms with Crippen LogP contribution in [0.1, 0.15) is 0 Å². The van der Waals surface area contributed by atoms with E-state index in [-0.39, 0.29) is 17.2 Å². The molecule has 0 aliphatic rings. The summed E-state index contributed by atoms with van der Waals surface area (Å²) in [5.41, 5.74) is 1.11. The highest BCUT2D eigenvalue weighted by molar-refractivity contribution is 7.99. The maximum Gasteiger partial charge on any atom is 0.266 e. The summed E-state index contributed by atoms with van der Waals surface area (Å²) in [5, 5.41) is 7.24. The van der Waals surface area contributed by atoms with Gasteiger partial charge in [-0.3, -0.25) is 14.2 Å². The molecule has 2 aromatic carbocycles. The molecule has 2 aromatic heterocycles. The Morgan fingerprint density at radius 2 is 1.85 bits per heavy atom. The number of hydrogen-bond acceptors (Lipinski definition) is 6. The molecule has 2 heterocycles. The standard InChI is InChI=1S/C19H14N4O3S/c24-17(21-16-10-11-26-22-16)12-27-19-20-15-9-5-4-8-14(15)18(25)23(19)13-6-2-1-3-7-13/h1-11H,12H2,(H,21,22,24). The summed E-state index contributed by atoms with van der Waals surface area (Å²) in [7, 11) is 0. The van der Waals surface area contributed by atoms with Gasteiger partial charge in [0.05, 0.1) is 22.3 Å². The Balaban J connectivity index is 1.70. The molecule has 0 bridgehead atoms. The predicted molar refractivity (Wildman–Crippen MR) is 103 cm³/mol. The topological polar surface area (TPSA) is 90.0 Å². The first-order valence-corrected chi connectivity index (χ1v) is 9.11. The van der Waals surface area contributed by atoms with Crippen molar-refractivity contribution in [1.82, 2.24) is 14.7 Å². The zero-order chi connectivity index (χ0) is 18.6. The van der Waals surface area contributed by atoms with Crippen LogP contribution in [0.4, 0.5) is 5.82 Å². The minimum Gasteiger partial charge on any atom is -0.363 e. The van der Waals surface area contributed by atoms with E-state index in [9.17, 15) is 9.59 Å². The molecule has 8 heteroatoms. The molecular formula is C19H14N4O3S. The van der Waals surface area contributed by atoms with Gasteiger partial charge in [-0.1, -0.05) is 47.3 Å². The van der Waals surface area contributed by atoms with E-state index in [2.05, 4.69) is 20.0 Å². The van der Waals surface area contributed by atoms with Crippen molar-refractivity contribution in [2.75, 3.05) is 11.1 Å². The lowest BCUT2D eigenvalue weighted by Gasteiger charge is -2.13. The minimum atomic E-state index is -0.268. The number of carbonyl (C=O) groups is 1. The first kappa shape index (κ1) is 17.0. The molecule has 4 aromatic rings. The highest BCUT2D eigenvalue weighted by atomic mass is 32.2. The van der Waals surface area contributed by atoms with Gasteiger partial charge >= 0.3 is 0 Å². The molecule has 1 N–H and O–H groups in total. The maximum atomic E-state index is 13.0. The molecule has 0 radical (unpaired) electrons. The second kappa shape index (κ2) is 7.46. The first-order valence-electron chi connectivity index (χ1n) is 8.12. The van der Waals surface area contributed by atoms with Gasteiger partial charge in [0.2, 0.25) is 5.91 Å². The third kappa shape index (κ3) is 3.61. The van der Waals surface area contributed by atoms with E-state index >= 15 is 0 Å². The van der Waals surface area contributed by atoms with Crippen LogP contribution in [0.5, 0.6) is 0 Å². The molecule has 0 spiro atoms. The summed E-state index contributed by atoms with van der Waals surface area (Å²) in [6, 6.07) is 18.0. The summed E-state index contributed by atoms with van der Waals surface area (Å²) in [4.78, 5) is 29.8. The van der Waals surface area contributed by atoms with Crippen LogP contribution in [-0.2, 0) is 4.79 Å². The fourth-order valence-electron chi connectivity index (χ4n) is 2.60. The number of hydrogen-bond donors (Lipinski definition) is 1. The summed E-state index contributed by atoms with van der Waals surface area (Å²) in [5.74, 6) is 0.147. The number of thioether (sulfide) groups is 1. The number of benzene rings is 2. The van der Waals surface area contributed by atoms with Crippen LogP contribution >= 0.6 is 11.8 Å². The van der Waals surface area contributed by atoms with Crippen molar-refractivity contribution >= 4 is 34.4 Å². The number of rotatable bonds is 5. The third-order valence-corrected chi connectivity index (χ3v) is 4.74. The molecule has 0 saturated carbocycles. The SMILES string of the molecule is O=C(CSc1nc2ccccc2c(=O)n1-c1ccccc1)Nc1ccon1. The van der Waals surface area contributed by atoms with Crippen molar-refractivity contribution in [3.63, 3.8) is 0 Å². The van der Waals surface area contributed by atoms with Gasteiger partial charge in [-0.05, 0) is 24.3 Å². The number of nitrogens with one attached hydrogen (secondary N) is 1. The molecule has 4 rings (SSSR count). The second-order valence-corrected chi connectivity index (χ2v) is 6.55. The third-order valence-electron chi connectivity index (χ3n) is 3.80. The van der Waals surface area contributed by atoms with Crippen molar-refractivity contribution in [3.8, 4) is 5.69 Å². The fourth-order valence-corrected chi connectivity index (χ4v) is 3.41. The van der Waals surface area contributed by atoms with Gasteiger partial charge in [0.1, 0.15) is 6.26 Å². The van der Waals surface area contributed by atoms with E-state index in [1.54, 1.807) is 24.3 Å². The average Bonchev–Trinajstić information content (AvgIpc) is 3.20. The molecule has 27 heavy (non-hydrogen) atoms. The van der Waals surface area contributed by atoms with Crippen LogP contribution in [0, 0.1) is 0 Å². The number of para-hydroxylation sites is 2. The summed E-state index contributed by atoms with van der Waals surface area (Å²) >= 11 is 1.18. The van der Waals surface area contributed by atoms with Gasteiger partial charge in [-0.25, -0.2) is 4.98 Å². The number of fused-ring (bicyclic) bond motifs is 1.